The Hall–Kier alpha value is -3.92. The van der Waals surface area contributed by atoms with Gasteiger partial charge in [-0.1, -0.05) is 18.2 Å². The van der Waals surface area contributed by atoms with Crippen LogP contribution in [0.1, 0.15) is 41.5 Å². The minimum Gasteiger partial charge on any atom is -0.494 e. The van der Waals surface area contributed by atoms with Gasteiger partial charge in [-0.3, -0.25) is 14.2 Å². The van der Waals surface area contributed by atoms with Crippen LogP contribution in [-0.2, 0) is 17.8 Å². The second-order valence-electron chi connectivity index (χ2n) is 9.08. The summed E-state index contributed by atoms with van der Waals surface area (Å²) in [6.45, 7) is 2.91. The van der Waals surface area contributed by atoms with Crippen molar-refractivity contribution in [2.24, 2.45) is 5.92 Å². The first-order chi connectivity index (χ1) is 18.4. The number of aromatic nitrogens is 2. The fraction of sp³-hybridized carbons (Fsp3) is 0.393. The maximum atomic E-state index is 13.5. The molecule has 0 saturated carbocycles. The Balaban J connectivity index is 1.65. The number of para-hydroxylation sites is 1. The van der Waals surface area contributed by atoms with Gasteiger partial charge in [0.05, 0.1) is 14.2 Å². The molecule has 0 atom stereocenters. The highest BCUT2D eigenvalue weighted by molar-refractivity contribution is 5.96. The van der Waals surface area contributed by atoms with E-state index in [0.29, 0.717) is 55.6 Å². The van der Waals surface area contributed by atoms with Crippen molar-refractivity contribution >= 4 is 5.91 Å². The zero-order valence-electron chi connectivity index (χ0n) is 21.8. The minimum absolute atomic E-state index is 0.0796. The molecule has 1 amide bonds. The number of halogens is 1. The number of carbonyl (C=O) groups excluding carboxylic acids is 1. The zero-order chi connectivity index (χ0) is 27.2. The van der Waals surface area contributed by atoms with Crippen LogP contribution in [0.25, 0.3) is 5.69 Å². The van der Waals surface area contributed by atoms with Gasteiger partial charge in [0.1, 0.15) is 35.4 Å². The molecule has 0 bridgehead atoms. The van der Waals surface area contributed by atoms with Gasteiger partial charge >= 0.3 is 0 Å². The number of amides is 1. The summed E-state index contributed by atoms with van der Waals surface area (Å²) in [6, 6.07) is 11.5. The highest BCUT2D eigenvalue weighted by atomic mass is 19.1. The maximum Gasteiger partial charge on any atom is 0.289 e. The van der Waals surface area contributed by atoms with E-state index in [4.69, 9.17) is 14.2 Å². The molecule has 3 aromatic rings. The van der Waals surface area contributed by atoms with Crippen LogP contribution in [0, 0.1) is 11.7 Å². The summed E-state index contributed by atoms with van der Waals surface area (Å²) < 4.78 is 31.0. The predicted molar refractivity (Wildman–Crippen MR) is 139 cm³/mol. The van der Waals surface area contributed by atoms with Crippen LogP contribution in [0.3, 0.4) is 0 Å². The second-order valence-corrected chi connectivity index (χ2v) is 9.08. The number of rotatable bonds is 9. The van der Waals surface area contributed by atoms with Crippen LogP contribution in [0.5, 0.6) is 17.4 Å². The Kier molecular flexibility index (Phi) is 8.62. The largest absolute Gasteiger partial charge is 0.494 e. The highest BCUT2D eigenvalue weighted by Gasteiger charge is 2.31. The van der Waals surface area contributed by atoms with Gasteiger partial charge in [-0.15, -0.1) is 0 Å². The first kappa shape index (κ1) is 27.1. The molecule has 1 N–H and O–H groups in total. The molecule has 1 aliphatic rings. The van der Waals surface area contributed by atoms with E-state index < -0.39 is 22.9 Å². The number of hydrogen-bond acceptors (Lipinski definition) is 7. The third-order valence-electron chi connectivity index (χ3n) is 6.75. The molecule has 10 heteroatoms. The van der Waals surface area contributed by atoms with Crippen molar-refractivity contribution in [3.63, 3.8) is 0 Å². The predicted octanol–water partition coefficient (Wildman–Crippen LogP) is 3.73. The molecule has 1 aliphatic heterocycles. The van der Waals surface area contributed by atoms with Crippen molar-refractivity contribution in [1.82, 2.24) is 14.5 Å². The van der Waals surface area contributed by atoms with E-state index in [1.165, 1.54) is 30.9 Å². The monoisotopic (exact) mass is 525 g/mol. The lowest BCUT2D eigenvalue weighted by atomic mass is 9.90. The molecule has 9 nitrogen and oxygen atoms in total. The van der Waals surface area contributed by atoms with Crippen LogP contribution in [0.15, 0.2) is 47.3 Å². The smallest absolute Gasteiger partial charge is 0.289 e. The van der Waals surface area contributed by atoms with E-state index >= 15 is 0 Å². The summed E-state index contributed by atoms with van der Waals surface area (Å²) >= 11 is 0. The van der Waals surface area contributed by atoms with Gasteiger partial charge in [0.2, 0.25) is 5.88 Å². The first-order valence-corrected chi connectivity index (χ1v) is 12.6. The van der Waals surface area contributed by atoms with Gasteiger partial charge in [-0.25, -0.2) is 4.39 Å². The molecule has 2 aromatic carbocycles. The molecule has 38 heavy (non-hydrogen) atoms. The Morgan fingerprint density at radius 3 is 2.29 bits per heavy atom. The van der Waals surface area contributed by atoms with E-state index in [1.54, 1.807) is 42.2 Å². The lowest BCUT2D eigenvalue weighted by Crippen LogP contribution is -2.41. The van der Waals surface area contributed by atoms with Gasteiger partial charge in [0, 0.05) is 19.7 Å². The van der Waals surface area contributed by atoms with Crippen molar-refractivity contribution in [2.75, 3.05) is 33.9 Å². The van der Waals surface area contributed by atoms with Crippen LogP contribution in [0.4, 0.5) is 4.39 Å². The topological polar surface area (TPSA) is 103 Å². The molecular formula is C28H32FN3O6. The number of piperidine rings is 1. The molecule has 1 saturated heterocycles. The van der Waals surface area contributed by atoms with E-state index in [0.717, 1.165) is 12.0 Å². The zero-order valence-corrected chi connectivity index (χ0v) is 21.8. The van der Waals surface area contributed by atoms with Crippen LogP contribution < -0.4 is 15.0 Å². The number of aromatic hydroxyl groups is 1. The lowest BCUT2D eigenvalue weighted by Gasteiger charge is -2.32. The van der Waals surface area contributed by atoms with Crippen LogP contribution in [0.2, 0.25) is 0 Å². The highest BCUT2D eigenvalue weighted by Crippen LogP contribution is 2.36. The number of carbonyl (C=O) groups is 1. The van der Waals surface area contributed by atoms with Crippen molar-refractivity contribution in [3.05, 3.63) is 75.6 Å². The Morgan fingerprint density at radius 2 is 1.71 bits per heavy atom. The molecule has 1 fully saturated rings. The second kappa shape index (κ2) is 12.1. The molecule has 2 heterocycles. The third-order valence-corrected chi connectivity index (χ3v) is 6.75. The average Bonchev–Trinajstić information content (AvgIpc) is 2.93. The average molecular weight is 526 g/mol. The summed E-state index contributed by atoms with van der Waals surface area (Å²) in [6.07, 6.45) is 2.21. The summed E-state index contributed by atoms with van der Waals surface area (Å²) in [5, 5.41) is 11.4. The fourth-order valence-electron chi connectivity index (χ4n) is 4.77. The molecular weight excluding hydrogens is 493 g/mol. The molecule has 1 aromatic heterocycles. The number of hydrogen-bond donors (Lipinski definition) is 1. The third kappa shape index (κ3) is 5.65. The molecule has 0 aliphatic carbocycles. The molecule has 4 rings (SSSR count). The molecule has 0 spiro atoms. The summed E-state index contributed by atoms with van der Waals surface area (Å²) in [7, 11) is 2.94. The fourth-order valence-corrected chi connectivity index (χ4v) is 4.77. The van der Waals surface area contributed by atoms with E-state index in [1.807, 2.05) is 0 Å². The van der Waals surface area contributed by atoms with Crippen molar-refractivity contribution in [2.45, 2.75) is 32.8 Å². The Bertz CT molecular complexity index is 1310. The van der Waals surface area contributed by atoms with Gasteiger partial charge in [-0.05, 0) is 61.9 Å². The van der Waals surface area contributed by atoms with E-state index in [9.17, 15) is 19.1 Å². The van der Waals surface area contributed by atoms with Crippen molar-refractivity contribution in [3.8, 4) is 23.1 Å². The maximum absolute atomic E-state index is 13.5. The molecule has 202 valence electrons. The molecule has 0 radical (unpaired) electrons. The lowest BCUT2D eigenvalue weighted by molar-refractivity contribution is 0.0682. The SMILES string of the molecule is CCOCc1nc(=O)c(C(=O)N2CCC(Cc3ccc(F)cc3)CC2)c(O)n1-c1c(OC)cccc1OC. The number of ether oxygens (including phenoxy) is 3. The van der Waals surface area contributed by atoms with Gasteiger partial charge in [0.15, 0.2) is 5.56 Å². The standard InChI is InChI=1S/C28H32FN3O6/c1-4-38-17-23-30-26(33)24(28(35)32(23)25-21(36-2)6-5-7-22(25)37-3)27(34)31-14-12-19(13-15-31)16-18-8-10-20(29)11-9-18/h5-11,19,35H,4,12-17H2,1-3H3. The molecule has 0 unspecified atom stereocenters. The Morgan fingerprint density at radius 1 is 1.08 bits per heavy atom. The van der Waals surface area contributed by atoms with Gasteiger partial charge in [0.25, 0.3) is 11.5 Å². The minimum atomic E-state index is -0.833. The first-order valence-electron chi connectivity index (χ1n) is 12.6. The van der Waals surface area contributed by atoms with Gasteiger partial charge < -0.3 is 24.2 Å². The van der Waals surface area contributed by atoms with Crippen molar-refractivity contribution in [1.29, 1.82) is 0 Å². The van der Waals surface area contributed by atoms with Crippen LogP contribution in [-0.4, -0.2) is 59.4 Å². The summed E-state index contributed by atoms with van der Waals surface area (Å²) in [5.41, 5.74) is 0.0803. The Labute approximate surface area is 220 Å². The summed E-state index contributed by atoms with van der Waals surface area (Å²) in [5.74, 6) is -0.297. The number of likely N-dealkylation sites (tertiary alicyclic amines) is 1. The van der Waals surface area contributed by atoms with Crippen molar-refractivity contribution < 1.29 is 28.5 Å². The number of benzene rings is 2. The number of nitrogens with zero attached hydrogens (tertiary/aromatic N) is 3. The van der Waals surface area contributed by atoms with Crippen LogP contribution >= 0.6 is 0 Å². The summed E-state index contributed by atoms with van der Waals surface area (Å²) in [4.78, 5) is 32.3. The van der Waals surface area contributed by atoms with E-state index in [-0.39, 0.29) is 18.2 Å². The van der Waals surface area contributed by atoms with E-state index in [2.05, 4.69) is 4.98 Å². The normalized spacial score (nSPS) is 13.9. The van der Waals surface area contributed by atoms with Gasteiger partial charge in [-0.2, -0.15) is 4.98 Å². The number of methoxy groups -OCH3 is 2. The quantitative estimate of drug-likeness (QED) is 0.454.